The third-order valence-electron chi connectivity index (χ3n) is 9.39. The van der Waals surface area contributed by atoms with Crippen molar-refractivity contribution < 1.29 is 84.2 Å². The number of aromatic hydroxyl groups is 1. The van der Waals surface area contributed by atoms with Gasteiger partial charge >= 0.3 is 23.9 Å². The van der Waals surface area contributed by atoms with E-state index >= 15 is 0 Å². The molecule has 0 aromatic heterocycles. The highest BCUT2D eigenvalue weighted by atomic mass is 16.5. The minimum Gasteiger partial charge on any atom is -0.508 e. The Morgan fingerprint density at radius 3 is 1.83 bits per heavy atom. The molecular weight excluding hydrogens is 708 g/mol. The second-order valence-electron chi connectivity index (χ2n) is 12.6. The van der Waals surface area contributed by atoms with Crippen LogP contribution < -0.4 is 14.8 Å². The van der Waals surface area contributed by atoms with Crippen LogP contribution in [0.4, 0.5) is 5.69 Å². The fourth-order valence-electron chi connectivity index (χ4n) is 6.96. The largest absolute Gasteiger partial charge is 0.508 e. The van der Waals surface area contributed by atoms with Crippen LogP contribution in [0.25, 0.3) is 0 Å². The molecule has 2 bridgehead atoms. The number of likely N-dealkylation sites (N-methyl/N-ethyl adjacent to an activating group) is 1. The number of piperidine rings is 1. The summed E-state index contributed by atoms with van der Waals surface area (Å²) in [6.45, 7) is 2.48. The molecule has 0 radical (unpaired) electrons. The normalized spacial score (nSPS) is 23.8. The molecule has 2 aliphatic heterocycles. The molecule has 2 fully saturated rings. The molecule has 6 rings (SSSR count). The number of Topliss-reactive ketones (excluding diaryl/α,β-unsaturated/α-hetero) is 1. The molecule has 8 atom stereocenters. The lowest BCUT2D eigenvalue weighted by Gasteiger charge is -2.57. The monoisotopic (exact) mass is 750 g/mol. The van der Waals surface area contributed by atoms with Gasteiger partial charge in [0.15, 0.2) is 47.8 Å². The zero-order chi connectivity index (χ0) is 39.9. The van der Waals surface area contributed by atoms with Gasteiger partial charge in [0, 0.05) is 36.1 Å². The number of aliphatic hydroxyl groups is 4. The molecule has 1 amide bonds. The smallest absolute Gasteiger partial charge is 0.335 e. The van der Waals surface area contributed by atoms with Gasteiger partial charge < -0.3 is 65.6 Å². The lowest BCUT2D eigenvalue weighted by molar-refractivity contribution is -0.165. The Morgan fingerprint density at radius 2 is 1.38 bits per heavy atom. The van der Waals surface area contributed by atoms with Crippen molar-refractivity contribution in [1.82, 2.24) is 4.90 Å². The molecule has 19 heteroatoms. The molecule has 1 saturated heterocycles. The molecule has 2 aromatic rings. The van der Waals surface area contributed by atoms with Crippen LogP contribution in [0.2, 0.25) is 0 Å². The first kappa shape index (κ1) is 42.1. The molecule has 290 valence electrons. The molecule has 0 unspecified atom stereocenters. The van der Waals surface area contributed by atoms with Crippen molar-refractivity contribution in [3.05, 3.63) is 47.5 Å². The highest BCUT2D eigenvalue weighted by Gasteiger charge is 2.65. The number of nitrogens with one attached hydrogen (secondary N) is 1. The van der Waals surface area contributed by atoms with Crippen LogP contribution in [0, 0.1) is 5.92 Å². The number of amides is 1. The third-order valence-corrected chi connectivity index (χ3v) is 9.39. The first-order chi connectivity index (χ1) is 24.8. The second kappa shape index (κ2) is 17.5. The van der Waals surface area contributed by atoms with E-state index in [0.717, 1.165) is 37.3 Å². The Kier molecular flexibility index (Phi) is 13.9. The number of carboxylic acid groups (broad SMARTS) is 4. The number of carbonyl (C=O) groups is 6. The Balaban J connectivity index is 0.000000209. The molecule has 10 N–H and O–H groups in total. The summed E-state index contributed by atoms with van der Waals surface area (Å²) in [4.78, 5) is 64.7. The highest BCUT2D eigenvalue weighted by molar-refractivity contribution is 5.89. The lowest BCUT2D eigenvalue weighted by Crippen LogP contribution is -2.65. The fourth-order valence-corrected chi connectivity index (χ4v) is 6.96. The number of rotatable bonds is 8. The Labute approximate surface area is 301 Å². The molecule has 2 aliphatic carbocycles. The van der Waals surface area contributed by atoms with Gasteiger partial charge in [-0.1, -0.05) is 6.07 Å². The number of benzene rings is 2. The Bertz CT molecular complexity index is 1630. The number of ether oxygens (including phenoxy) is 2. The van der Waals surface area contributed by atoms with E-state index in [1.807, 2.05) is 6.07 Å². The number of aliphatic hydroxyl groups excluding tert-OH is 4. The van der Waals surface area contributed by atoms with E-state index in [2.05, 4.69) is 23.3 Å². The number of nitrogens with zero attached hydrogens (tertiary/aromatic N) is 1. The minimum absolute atomic E-state index is 0.0933. The van der Waals surface area contributed by atoms with Crippen LogP contribution in [-0.4, -0.2) is 144 Å². The van der Waals surface area contributed by atoms with E-state index in [9.17, 15) is 28.8 Å². The predicted octanol–water partition coefficient (Wildman–Crippen LogP) is -0.961. The summed E-state index contributed by atoms with van der Waals surface area (Å²) in [5.74, 6) is -4.54. The minimum atomic E-state index is -2.27. The number of hydrogen-bond donors (Lipinski definition) is 10. The second-order valence-corrected chi connectivity index (χ2v) is 12.6. The van der Waals surface area contributed by atoms with Crippen molar-refractivity contribution >= 4 is 41.3 Å². The van der Waals surface area contributed by atoms with Crippen LogP contribution in [0.3, 0.4) is 0 Å². The summed E-state index contributed by atoms with van der Waals surface area (Å²) in [5, 5.41) is 76.5. The number of likely N-dealkylation sites (tertiary alicyclic amines) is 1. The summed E-state index contributed by atoms with van der Waals surface area (Å²) in [7, 11) is 3.91. The average molecular weight is 751 g/mol. The van der Waals surface area contributed by atoms with Gasteiger partial charge in [-0.3, -0.25) is 9.59 Å². The molecule has 4 aliphatic rings. The first-order valence-electron chi connectivity index (χ1n) is 16.1. The zero-order valence-electron chi connectivity index (χ0n) is 28.8. The quantitative estimate of drug-likeness (QED) is 0.145. The maximum atomic E-state index is 12.6. The summed E-state index contributed by atoms with van der Waals surface area (Å²) in [5.41, 5.74) is 3.26. The van der Waals surface area contributed by atoms with Gasteiger partial charge in [-0.2, -0.15) is 0 Å². The van der Waals surface area contributed by atoms with Crippen LogP contribution in [-0.2, 0) is 40.6 Å². The van der Waals surface area contributed by atoms with Gasteiger partial charge in [0.25, 0.3) is 0 Å². The highest BCUT2D eigenvalue weighted by Crippen LogP contribution is 2.63. The maximum absolute atomic E-state index is 12.6. The van der Waals surface area contributed by atoms with Crippen molar-refractivity contribution in [2.75, 3.05) is 26.0 Å². The number of phenolic OH excluding ortho intramolecular Hbond substituents is 1. The van der Waals surface area contributed by atoms with Crippen LogP contribution in [0.1, 0.15) is 37.3 Å². The van der Waals surface area contributed by atoms with E-state index in [4.69, 9.17) is 55.4 Å². The predicted molar refractivity (Wildman–Crippen MR) is 179 cm³/mol. The van der Waals surface area contributed by atoms with Crippen molar-refractivity contribution in [3.63, 3.8) is 0 Å². The molecule has 1 spiro atoms. The number of carbonyl (C=O) groups excluding carboxylic acids is 2. The van der Waals surface area contributed by atoms with Crippen LogP contribution in [0.15, 0.2) is 36.4 Å². The number of carboxylic acids is 4. The number of phenols is 1. The van der Waals surface area contributed by atoms with Gasteiger partial charge in [0.2, 0.25) is 5.91 Å². The Hall–Kier alpha value is -5.34. The van der Waals surface area contributed by atoms with Crippen molar-refractivity contribution in [2.45, 2.75) is 74.6 Å². The molecule has 2 heterocycles. The van der Waals surface area contributed by atoms with Gasteiger partial charge in [-0.05, 0) is 74.7 Å². The van der Waals surface area contributed by atoms with Gasteiger partial charge in [0.05, 0.1) is 7.11 Å². The van der Waals surface area contributed by atoms with Crippen molar-refractivity contribution in [1.29, 1.82) is 0 Å². The van der Waals surface area contributed by atoms with Gasteiger partial charge in [0.1, 0.15) is 5.75 Å². The molecule has 2 aromatic carbocycles. The Morgan fingerprint density at radius 1 is 0.868 bits per heavy atom. The van der Waals surface area contributed by atoms with E-state index in [1.54, 1.807) is 19.2 Å². The van der Waals surface area contributed by atoms with E-state index in [0.29, 0.717) is 24.1 Å². The summed E-state index contributed by atoms with van der Waals surface area (Å²) in [6, 6.07) is 11.0. The number of methoxy groups -OCH3 is 1. The first-order valence-corrected chi connectivity index (χ1v) is 16.1. The number of anilines is 1. The third kappa shape index (κ3) is 9.18. The van der Waals surface area contributed by atoms with Gasteiger partial charge in [-0.25, -0.2) is 19.2 Å². The van der Waals surface area contributed by atoms with Gasteiger partial charge in [-0.15, -0.1) is 0 Å². The number of ketones is 1. The van der Waals surface area contributed by atoms with E-state index in [-0.39, 0.29) is 29.0 Å². The number of hydrogen-bond acceptors (Lipinski definition) is 14. The van der Waals surface area contributed by atoms with Crippen LogP contribution in [0.5, 0.6) is 17.2 Å². The maximum Gasteiger partial charge on any atom is 0.335 e. The molecule has 19 nitrogen and oxygen atoms in total. The molecule has 53 heavy (non-hydrogen) atoms. The fraction of sp³-hybridized carbons (Fsp3) is 0.471. The van der Waals surface area contributed by atoms with Crippen molar-refractivity contribution in [3.8, 4) is 17.2 Å². The summed E-state index contributed by atoms with van der Waals surface area (Å²) < 4.78 is 11.8. The van der Waals surface area contributed by atoms with E-state index < -0.39 is 48.3 Å². The topological polar surface area (TPSA) is 318 Å². The SMILES string of the molecule is CC(=O)Nc1ccc(O)cc1.COc1ccc2c3c1O[C@H]1C(=O)CC[C@H]4[C@@H](C2)N(C)CC[C@]314.O=C(O)[C@H](O)[C@@H](O)C(=O)O.O=C(O)[C@H](O)[C@@H](O)C(=O)O. The van der Waals surface area contributed by atoms with Crippen LogP contribution >= 0.6 is 0 Å². The molecular formula is C34H42N2O17. The zero-order valence-corrected chi connectivity index (χ0v) is 28.8. The lowest BCUT2D eigenvalue weighted by atomic mass is 9.52. The van der Waals surface area contributed by atoms with E-state index in [1.165, 1.54) is 30.2 Å². The van der Waals surface area contributed by atoms with Crippen molar-refractivity contribution in [2.24, 2.45) is 5.92 Å². The molecule has 1 saturated carbocycles. The standard InChI is InChI=1S/C18H21NO3.C8H9NO2.2C4H6O6/c1-19-8-7-18-11-4-5-13(20)17(18)22-16-14(21-2)6-3-10(15(16)18)9-12(11)19;1-6(10)9-7-2-4-8(11)5-3-7;2*5-1(3(7)8)2(6)4(9)10/h3,6,11-12,17H,4-5,7-9H2,1-2H3;2-5,11H,1H3,(H,9,10);2*1-2,5-6H,(H,7,8)(H,9,10)/t11-,12+,17-,18-;;2*1-,2-/m0.11/s1. The summed E-state index contributed by atoms with van der Waals surface area (Å²) in [6.07, 6.45) is -5.59. The summed E-state index contributed by atoms with van der Waals surface area (Å²) >= 11 is 0. The number of aliphatic carboxylic acids is 4. The average Bonchev–Trinajstić information content (AvgIpc) is 3.46.